The molecule has 0 fully saturated rings. The summed E-state index contributed by atoms with van der Waals surface area (Å²) in [4.78, 5) is 11.2. The van der Waals surface area contributed by atoms with Crippen LogP contribution in [0, 0.1) is 11.2 Å². The second kappa shape index (κ2) is 4.35. The van der Waals surface area contributed by atoms with Crippen LogP contribution in [-0.4, -0.2) is 11.0 Å². The van der Waals surface area contributed by atoms with E-state index in [-0.39, 0.29) is 5.91 Å². The lowest BCUT2D eigenvalue weighted by molar-refractivity contribution is -0.116. The largest absolute Gasteiger partial charge is 0.388 e. The molecule has 1 aromatic carbocycles. The predicted octanol–water partition coefficient (Wildman–Crippen LogP) is 2.79. The van der Waals surface area contributed by atoms with Crippen molar-refractivity contribution in [2.24, 2.45) is 5.41 Å². The molecule has 1 amide bonds. The Labute approximate surface area is 106 Å². The number of rotatable bonds is 1. The zero-order valence-electron chi connectivity index (χ0n) is 10.9. The number of aliphatic hydroxyl groups is 1. The van der Waals surface area contributed by atoms with Gasteiger partial charge in [0.2, 0.25) is 5.91 Å². The van der Waals surface area contributed by atoms with Gasteiger partial charge in [-0.15, -0.1) is 0 Å². The van der Waals surface area contributed by atoms with Gasteiger partial charge in [-0.3, -0.25) is 4.79 Å². The summed E-state index contributed by atoms with van der Waals surface area (Å²) in [5, 5.41) is 12.8. The number of amides is 1. The van der Waals surface area contributed by atoms with Crippen LogP contribution in [0.4, 0.5) is 10.1 Å². The Morgan fingerprint density at radius 1 is 1.33 bits per heavy atom. The van der Waals surface area contributed by atoms with Gasteiger partial charge in [0.1, 0.15) is 5.82 Å². The molecule has 0 aromatic heterocycles. The summed E-state index contributed by atoms with van der Waals surface area (Å²) >= 11 is 0. The van der Waals surface area contributed by atoms with E-state index in [1.54, 1.807) is 6.07 Å². The lowest BCUT2D eigenvalue weighted by Crippen LogP contribution is -2.22. The molecule has 0 aliphatic carbocycles. The molecule has 2 rings (SSSR count). The van der Waals surface area contributed by atoms with Gasteiger partial charge in [-0.1, -0.05) is 20.8 Å². The molecule has 0 bridgehead atoms. The number of hydrogen-bond donors (Lipinski definition) is 2. The molecule has 2 N–H and O–H groups in total. The van der Waals surface area contributed by atoms with E-state index in [4.69, 9.17) is 0 Å². The molecule has 3 nitrogen and oxygen atoms in total. The first-order valence-electron chi connectivity index (χ1n) is 6.09. The van der Waals surface area contributed by atoms with Gasteiger partial charge in [-0.25, -0.2) is 4.39 Å². The Morgan fingerprint density at radius 2 is 2.00 bits per heavy atom. The normalized spacial score (nSPS) is 17.1. The number of aliphatic hydroxyl groups excluding tert-OH is 1. The molecule has 0 spiro atoms. The smallest absolute Gasteiger partial charge is 0.224 e. The van der Waals surface area contributed by atoms with Crippen LogP contribution in [0.3, 0.4) is 0 Å². The molecule has 98 valence electrons. The molecule has 1 atom stereocenters. The lowest BCUT2D eigenvalue weighted by atomic mass is 9.83. The average molecular weight is 251 g/mol. The summed E-state index contributed by atoms with van der Waals surface area (Å²) in [5.74, 6) is -0.565. The second-order valence-electron chi connectivity index (χ2n) is 5.85. The van der Waals surface area contributed by atoms with E-state index in [2.05, 4.69) is 5.32 Å². The third kappa shape index (κ3) is 2.38. The summed E-state index contributed by atoms with van der Waals surface area (Å²) in [7, 11) is 0. The highest BCUT2D eigenvalue weighted by molar-refractivity contribution is 5.93. The van der Waals surface area contributed by atoms with Crippen LogP contribution < -0.4 is 5.32 Å². The Balaban J connectivity index is 2.43. The van der Waals surface area contributed by atoms with E-state index in [9.17, 15) is 14.3 Å². The number of halogens is 1. The Bertz CT molecular complexity index is 491. The molecular weight excluding hydrogens is 233 g/mol. The summed E-state index contributed by atoms with van der Waals surface area (Å²) in [6.45, 7) is 5.58. The maximum Gasteiger partial charge on any atom is 0.224 e. The first kappa shape index (κ1) is 13.0. The number of fused-ring (bicyclic) bond motifs is 1. The number of aryl methyl sites for hydroxylation is 1. The minimum atomic E-state index is -0.861. The van der Waals surface area contributed by atoms with Gasteiger partial charge >= 0.3 is 0 Å². The Hall–Kier alpha value is -1.42. The molecule has 0 saturated carbocycles. The quantitative estimate of drug-likeness (QED) is 0.806. The summed E-state index contributed by atoms with van der Waals surface area (Å²) in [6, 6.07) is 2.97. The number of carbonyl (C=O) groups excluding carboxylic acids is 1. The summed E-state index contributed by atoms with van der Waals surface area (Å²) in [6.07, 6.45) is 0.134. The van der Waals surface area contributed by atoms with E-state index in [0.29, 0.717) is 24.1 Å². The first-order chi connectivity index (χ1) is 8.29. The number of nitrogens with one attached hydrogen (secondary N) is 1. The number of hydrogen-bond acceptors (Lipinski definition) is 2. The van der Waals surface area contributed by atoms with Crippen molar-refractivity contribution in [3.05, 3.63) is 29.1 Å². The highest BCUT2D eigenvalue weighted by Crippen LogP contribution is 2.36. The van der Waals surface area contributed by atoms with Gasteiger partial charge in [0, 0.05) is 17.7 Å². The van der Waals surface area contributed by atoms with Crippen LogP contribution in [0.15, 0.2) is 12.1 Å². The number of carbonyl (C=O) groups is 1. The predicted molar refractivity (Wildman–Crippen MR) is 67.8 cm³/mol. The third-order valence-electron chi connectivity index (χ3n) is 3.23. The SMILES string of the molecule is CC(C)(C)C(O)c1cc2c(cc1F)NC(=O)CC2. The highest BCUT2D eigenvalue weighted by Gasteiger charge is 2.28. The van der Waals surface area contributed by atoms with Crippen LogP contribution >= 0.6 is 0 Å². The van der Waals surface area contributed by atoms with Gasteiger partial charge in [0.05, 0.1) is 6.10 Å². The van der Waals surface area contributed by atoms with Gasteiger partial charge in [0.25, 0.3) is 0 Å². The maximum absolute atomic E-state index is 14.0. The van der Waals surface area contributed by atoms with Gasteiger partial charge in [0.15, 0.2) is 0 Å². The van der Waals surface area contributed by atoms with E-state index in [1.807, 2.05) is 20.8 Å². The van der Waals surface area contributed by atoms with Gasteiger partial charge in [-0.2, -0.15) is 0 Å². The molecule has 1 unspecified atom stereocenters. The van der Waals surface area contributed by atoms with Crippen LogP contribution in [0.25, 0.3) is 0 Å². The van der Waals surface area contributed by atoms with Gasteiger partial charge in [-0.05, 0) is 29.5 Å². The van der Waals surface area contributed by atoms with E-state index >= 15 is 0 Å². The molecule has 1 aliphatic heterocycles. The topological polar surface area (TPSA) is 49.3 Å². The molecule has 4 heteroatoms. The molecule has 1 heterocycles. The number of benzene rings is 1. The van der Waals surface area contributed by atoms with E-state index in [1.165, 1.54) is 6.07 Å². The lowest BCUT2D eigenvalue weighted by Gasteiger charge is -2.28. The minimum Gasteiger partial charge on any atom is -0.388 e. The number of anilines is 1. The first-order valence-corrected chi connectivity index (χ1v) is 6.09. The fourth-order valence-corrected chi connectivity index (χ4v) is 2.10. The summed E-state index contributed by atoms with van der Waals surface area (Å²) < 4.78 is 14.0. The van der Waals surface area contributed by atoms with E-state index < -0.39 is 17.3 Å². The zero-order valence-corrected chi connectivity index (χ0v) is 10.9. The third-order valence-corrected chi connectivity index (χ3v) is 3.23. The van der Waals surface area contributed by atoms with Crippen LogP contribution in [0.2, 0.25) is 0 Å². The molecule has 1 aromatic rings. The molecular formula is C14H18FNO2. The van der Waals surface area contributed by atoms with Crippen LogP contribution in [-0.2, 0) is 11.2 Å². The van der Waals surface area contributed by atoms with Crippen molar-refractivity contribution in [2.45, 2.75) is 39.7 Å². The Morgan fingerprint density at radius 3 is 2.61 bits per heavy atom. The van der Waals surface area contributed by atoms with Crippen molar-refractivity contribution < 1.29 is 14.3 Å². The van der Waals surface area contributed by atoms with Crippen LogP contribution in [0.1, 0.15) is 44.4 Å². The molecule has 0 saturated heterocycles. The molecule has 18 heavy (non-hydrogen) atoms. The molecule has 0 radical (unpaired) electrons. The highest BCUT2D eigenvalue weighted by atomic mass is 19.1. The van der Waals surface area contributed by atoms with Crippen molar-refractivity contribution >= 4 is 11.6 Å². The van der Waals surface area contributed by atoms with E-state index in [0.717, 1.165) is 5.56 Å². The minimum absolute atomic E-state index is 0.0916. The van der Waals surface area contributed by atoms with Crippen molar-refractivity contribution in [1.82, 2.24) is 0 Å². The average Bonchev–Trinajstić information content (AvgIpc) is 2.25. The van der Waals surface area contributed by atoms with Crippen LogP contribution in [0.5, 0.6) is 0 Å². The standard InChI is InChI=1S/C14H18FNO2/c1-14(2,3)13(18)9-6-8-4-5-12(17)16-11(8)7-10(9)15/h6-7,13,18H,4-5H2,1-3H3,(H,16,17). The fourth-order valence-electron chi connectivity index (χ4n) is 2.10. The van der Waals surface area contributed by atoms with Crippen molar-refractivity contribution in [2.75, 3.05) is 5.32 Å². The fraction of sp³-hybridized carbons (Fsp3) is 0.500. The molecule has 1 aliphatic rings. The zero-order chi connectivity index (χ0) is 13.5. The Kier molecular flexibility index (Phi) is 3.15. The summed E-state index contributed by atoms with van der Waals surface area (Å²) in [5.41, 5.74) is 1.28. The van der Waals surface area contributed by atoms with Crippen molar-refractivity contribution in [3.63, 3.8) is 0 Å². The second-order valence-corrected chi connectivity index (χ2v) is 5.85. The maximum atomic E-state index is 14.0. The van der Waals surface area contributed by atoms with Crippen molar-refractivity contribution in [3.8, 4) is 0 Å². The van der Waals surface area contributed by atoms with Gasteiger partial charge < -0.3 is 10.4 Å². The monoisotopic (exact) mass is 251 g/mol. The van der Waals surface area contributed by atoms with Crippen molar-refractivity contribution in [1.29, 1.82) is 0 Å².